The summed E-state index contributed by atoms with van der Waals surface area (Å²) in [6.07, 6.45) is 0.854. The minimum Gasteiger partial charge on any atom is -0.361 e. The van der Waals surface area contributed by atoms with Gasteiger partial charge in [0.05, 0.1) is 11.4 Å². The molecule has 24 heavy (non-hydrogen) atoms. The molecule has 0 atom stereocenters. The summed E-state index contributed by atoms with van der Waals surface area (Å²) in [7, 11) is 3.73. The monoisotopic (exact) mass is 446 g/mol. The zero-order valence-electron chi connectivity index (χ0n) is 15.2. The number of aryl methyl sites for hydroxylation is 4. The maximum absolute atomic E-state index is 5.18. The Morgan fingerprint density at radius 1 is 1.12 bits per heavy atom. The number of aromatic nitrogens is 3. The van der Waals surface area contributed by atoms with Crippen LogP contribution in [-0.2, 0) is 20.0 Å². The average molecular weight is 446 g/mol. The highest BCUT2D eigenvalue weighted by atomic mass is 127. The van der Waals surface area contributed by atoms with Gasteiger partial charge in [0.15, 0.2) is 5.96 Å². The van der Waals surface area contributed by atoms with Gasteiger partial charge in [-0.3, -0.25) is 9.67 Å². The van der Waals surface area contributed by atoms with Crippen LogP contribution >= 0.6 is 24.0 Å². The van der Waals surface area contributed by atoms with E-state index in [4.69, 9.17) is 4.52 Å². The molecule has 0 aliphatic carbocycles. The largest absolute Gasteiger partial charge is 0.361 e. The maximum Gasteiger partial charge on any atom is 0.191 e. The number of hydrogen-bond acceptors (Lipinski definition) is 4. The van der Waals surface area contributed by atoms with E-state index in [0.29, 0.717) is 6.54 Å². The summed E-state index contributed by atoms with van der Waals surface area (Å²) in [6, 6.07) is 0. The Balaban J connectivity index is 0.00000288. The average Bonchev–Trinajstić information content (AvgIpc) is 2.96. The van der Waals surface area contributed by atoms with Crippen LogP contribution in [0.5, 0.6) is 0 Å². The second kappa shape index (κ2) is 9.05. The molecule has 2 N–H and O–H groups in total. The van der Waals surface area contributed by atoms with Crippen LogP contribution in [0, 0.1) is 27.7 Å². The van der Waals surface area contributed by atoms with Crippen LogP contribution in [0.15, 0.2) is 9.52 Å². The normalized spacial score (nSPS) is 11.3. The summed E-state index contributed by atoms with van der Waals surface area (Å²) in [5.74, 6) is 1.66. The van der Waals surface area contributed by atoms with Crippen LogP contribution in [0.3, 0.4) is 0 Å². The molecule has 8 heteroatoms. The van der Waals surface area contributed by atoms with Gasteiger partial charge in [-0.05, 0) is 34.1 Å². The number of aliphatic imine (C=N–C) groups is 1. The summed E-state index contributed by atoms with van der Waals surface area (Å²) in [5.41, 5.74) is 5.53. The van der Waals surface area contributed by atoms with Crippen LogP contribution in [0.4, 0.5) is 0 Å². The number of nitrogens with one attached hydrogen (secondary N) is 2. The first-order chi connectivity index (χ1) is 10.9. The van der Waals surface area contributed by atoms with E-state index < -0.39 is 0 Å². The highest BCUT2D eigenvalue weighted by molar-refractivity contribution is 14.0. The zero-order valence-corrected chi connectivity index (χ0v) is 17.6. The summed E-state index contributed by atoms with van der Waals surface area (Å²) in [5, 5.41) is 15.1. The van der Waals surface area contributed by atoms with Gasteiger partial charge in [0.2, 0.25) is 0 Å². The van der Waals surface area contributed by atoms with Crippen LogP contribution < -0.4 is 10.6 Å². The lowest BCUT2D eigenvalue weighted by Crippen LogP contribution is -2.38. The number of nitrogens with zero attached hydrogens (tertiary/aromatic N) is 4. The Bertz CT molecular complexity index is 684. The van der Waals surface area contributed by atoms with Gasteiger partial charge in [0, 0.05) is 44.0 Å². The van der Waals surface area contributed by atoms with E-state index in [-0.39, 0.29) is 24.0 Å². The standard InChI is InChI=1S/C16H26N6O.HI/c1-10-15(12(3)22(6)20-10)9-19-16(17-5)18-8-7-14-11(2)21-23-13(14)4;/h7-9H2,1-6H3,(H2,17,18,19);1H. The molecule has 0 bridgehead atoms. The van der Waals surface area contributed by atoms with E-state index in [1.165, 1.54) is 11.3 Å². The Morgan fingerprint density at radius 2 is 1.83 bits per heavy atom. The van der Waals surface area contributed by atoms with Crippen molar-refractivity contribution in [3.8, 4) is 0 Å². The molecule has 2 heterocycles. The van der Waals surface area contributed by atoms with Gasteiger partial charge in [-0.1, -0.05) is 5.16 Å². The second-order valence-electron chi connectivity index (χ2n) is 5.68. The summed E-state index contributed by atoms with van der Waals surface area (Å²) >= 11 is 0. The van der Waals surface area contributed by atoms with Crippen molar-refractivity contribution in [2.24, 2.45) is 12.0 Å². The van der Waals surface area contributed by atoms with E-state index in [2.05, 4.69) is 32.8 Å². The molecular formula is C16H27IN6O. The van der Waals surface area contributed by atoms with Gasteiger partial charge < -0.3 is 15.2 Å². The van der Waals surface area contributed by atoms with Crippen molar-refractivity contribution in [1.82, 2.24) is 25.6 Å². The van der Waals surface area contributed by atoms with Gasteiger partial charge >= 0.3 is 0 Å². The number of guanidine groups is 1. The molecule has 0 aliphatic rings. The Morgan fingerprint density at radius 3 is 2.33 bits per heavy atom. The molecule has 0 saturated heterocycles. The van der Waals surface area contributed by atoms with E-state index in [9.17, 15) is 0 Å². The number of halogens is 1. The number of rotatable bonds is 5. The minimum absolute atomic E-state index is 0. The van der Waals surface area contributed by atoms with Crippen LogP contribution in [0.1, 0.15) is 34.0 Å². The van der Waals surface area contributed by atoms with Crippen molar-refractivity contribution in [3.05, 3.63) is 34.0 Å². The van der Waals surface area contributed by atoms with Crippen molar-refractivity contribution in [1.29, 1.82) is 0 Å². The van der Waals surface area contributed by atoms with Gasteiger partial charge in [0.1, 0.15) is 5.76 Å². The van der Waals surface area contributed by atoms with Crippen LogP contribution in [0.25, 0.3) is 0 Å². The third-order valence-electron chi connectivity index (χ3n) is 4.16. The van der Waals surface area contributed by atoms with Crippen molar-refractivity contribution < 1.29 is 4.52 Å². The van der Waals surface area contributed by atoms with Crippen LogP contribution in [-0.4, -0.2) is 34.5 Å². The van der Waals surface area contributed by atoms with Gasteiger partial charge in [0.25, 0.3) is 0 Å². The van der Waals surface area contributed by atoms with Crippen molar-refractivity contribution in [2.45, 2.75) is 40.7 Å². The maximum atomic E-state index is 5.18. The van der Waals surface area contributed by atoms with E-state index >= 15 is 0 Å². The highest BCUT2D eigenvalue weighted by Crippen LogP contribution is 2.12. The molecule has 2 aromatic heterocycles. The Kier molecular flexibility index (Phi) is 7.71. The first-order valence-corrected chi connectivity index (χ1v) is 7.79. The third kappa shape index (κ3) is 4.71. The third-order valence-corrected chi connectivity index (χ3v) is 4.16. The molecule has 0 fully saturated rings. The topological polar surface area (TPSA) is 80.3 Å². The number of hydrogen-bond donors (Lipinski definition) is 2. The quantitative estimate of drug-likeness (QED) is 0.418. The second-order valence-corrected chi connectivity index (χ2v) is 5.68. The van der Waals surface area contributed by atoms with Crippen molar-refractivity contribution in [2.75, 3.05) is 13.6 Å². The molecule has 0 aromatic carbocycles. The summed E-state index contributed by atoms with van der Waals surface area (Å²) in [4.78, 5) is 4.26. The Hall–Kier alpha value is -1.58. The first-order valence-electron chi connectivity index (χ1n) is 7.79. The zero-order chi connectivity index (χ0) is 17.0. The molecule has 134 valence electrons. The Labute approximate surface area is 160 Å². The molecule has 0 amide bonds. The molecular weight excluding hydrogens is 419 g/mol. The fraction of sp³-hybridized carbons (Fsp3) is 0.562. The molecule has 2 aromatic rings. The molecule has 0 saturated carbocycles. The van der Waals surface area contributed by atoms with E-state index in [1.54, 1.807) is 7.05 Å². The smallest absolute Gasteiger partial charge is 0.191 e. The lowest BCUT2D eigenvalue weighted by molar-refractivity contribution is 0.392. The van der Waals surface area contributed by atoms with Crippen LogP contribution in [0.2, 0.25) is 0 Å². The summed E-state index contributed by atoms with van der Waals surface area (Å²) in [6.45, 7) is 9.48. The van der Waals surface area contributed by atoms with Gasteiger partial charge in [-0.25, -0.2) is 0 Å². The van der Waals surface area contributed by atoms with Crippen molar-refractivity contribution >= 4 is 29.9 Å². The molecule has 2 rings (SSSR count). The van der Waals surface area contributed by atoms with E-state index in [0.717, 1.165) is 41.6 Å². The predicted molar refractivity (Wildman–Crippen MR) is 106 cm³/mol. The van der Waals surface area contributed by atoms with Gasteiger partial charge in [-0.2, -0.15) is 5.10 Å². The SMILES string of the molecule is CN=C(NCCc1c(C)noc1C)NCc1c(C)nn(C)c1C.I. The predicted octanol–water partition coefficient (Wildman–Crippen LogP) is 2.17. The van der Waals surface area contributed by atoms with Crippen molar-refractivity contribution in [3.63, 3.8) is 0 Å². The fourth-order valence-electron chi connectivity index (χ4n) is 2.63. The van der Waals surface area contributed by atoms with E-state index in [1.807, 2.05) is 32.5 Å². The molecule has 7 nitrogen and oxygen atoms in total. The summed E-state index contributed by atoms with van der Waals surface area (Å²) < 4.78 is 7.08. The molecule has 0 unspecified atom stereocenters. The first kappa shape index (κ1) is 20.5. The lowest BCUT2D eigenvalue weighted by Gasteiger charge is -2.12. The lowest BCUT2D eigenvalue weighted by atomic mass is 10.1. The molecule has 0 radical (unpaired) electrons. The van der Waals surface area contributed by atoms with Gasteiger partial charge in [-0.15, -0.1) is 24.0 Å². The molecule has 0 aliphatic heterocycles. The minimum atomic E-state index is 0. The fourth-order valence-corrected chi connectivity index (χ4v) is 2.63. The molecule has 0 spiro atoms. The highest BCUT2D eigenvalue weighted by Gasteiger charge is 2.11.